The molecule has 0 unspecified atom stereocenters. The van der Waals surface area contributed by atoms with Crippen molar-refractivity contribution < 1.29 is 29.3 Å². The zero-order valence-corrected chi connectivity index (χ0v) is 17.9. The molecule has 0 aliphatic heterocycles. The van der Waals surface area contributed by atoms with Crippen molar-refractivity contribution >= 4 is 22.6 Å². The summed E-state index contributed by atoms with van der Waals surface area (Å²) >= 11 is 0. The Hall–Kier alpha value is -3.88. The van der Waals surface area contributed by atoms with Gasteiger partial charge in [0.25, 0.3) is 5.91 Å². The Morgan fingerprint density at radius 3 is 2.31 bits per heavy atom. The van der Waals surface area contributed by atoms with Crippen molar-refractivity contribution in [2.24, 2.45) is 10.2 Å². The summed E-state index contributed by atoms with van der Waals surface area (Å²) in [5.74, 6) is -0.802. The maximum absolute atomic E-state index is 12.4. The zero-order valence-electron chi connectivity index (χ0n) is 17.9. The first-order chi connectivity index (χ1) is 15.5. The van der Waals surface area contributed by atoms with Crippen molar-refractivity contribution in [2.75, 3.05) is 13.2 Å². The van der Waals surface area contributed by atoms with Crippen molar-refractivity contribution in [1.82, 2.24) is 4.57 Å². The molecule has 0 aliphatic carbocycles. The number of carbonyl (C=O) groups excluding carboxylic acids is 2. The molecule has 1 heterocycles. The largest absolute Gasteiger partial charge is 0.494 e. The molecule has 0 aliphatic rings. The molecule has 2 amide bonds. The summed E-state index contributed by atoms with van der Waals surface area (Å²) < 4.78 is 12.2. The fourth-order valence-corrected chi connectivity index (χ4v) is 3.15. The van der Waals surface area contributed by atoms with Crippen molar-refractivity contribution in [3.05, 3.63) is 48.0 Å². The summed E-state index contributed by atoms with van der Waals surface area (Å²) in [6, 6.07) is 11.3. The monoisotopic (exact) mass is 439 g/mol. The molecule has 0 atom stereocenters. The van der Waals surface area contributed by atoms with E-state index < -0.39 is 18.4 Å². The smallest absolute Gasteiger partial charge is 0.302 e. The van der Waals surface area contributed by atoms with Crippen LogP contribution in [0.5, 0.6) is 23.3 Å². The van der Waals surface area contributed by atoms with Gasteiger partial charge in [0.1, 0.15) is 0 Å². The van der Waals surface area contributed by atoms with Gasteiger partial charge in [-0.3, -0.25) is 14.2 Å². The fourth-order valence-electron chi connectivity index (χ4n) is 3.15. The summed E-state index contributed by atoms with van der Waals surface area (Å²) in [4.78, 5) is 24.3. The van der Waals surface area contributed by atoms with E-state index in [1.165, 1.54) is 22.8 Å². The highest BCUT2D eigenvalue weighted by Gasteiger charge is 2.17. The van der Waals surface area contributed by atoms with Crippen LogP contribution in [-0.4, -0.2) is 39.8 Å². The second-order valence-electron chi connectivity index (χ2n) is 6.98. The fraction of sp³-hybridized carbons (Fsp3) is 0.304. The number of aromatic nitrogens is 1. The highest BCUT2D eigenvalue weighted by molar-refractivity contribution is 6.02. The van der Waals surface area contributed by atoms with Crippen LogP contribution in [0.25, 0.3) is 10.8 Å². The number of amides is 2. The zero-order chi connectivity index (χ0) is 23.1. The highest BCUT2D eigenvalue weighted by Crippen LogP contribution is 2.37. The number of fused-ring (bicyclic) bond motifs is 1. The molecule has 3 aromatic rings. The number of unbranched alkanes of at least 4 members (excludes halogenated alkanes) is 1. The second-order valence-corrected chi connectivity index (χ2v) is 6.98. The van der Waals surface area contributed by atoms with Crippen LogP contribution in [0, 0.1) is 0 Å². The van der Waals surface area contributed by atoms with Crippen LogP contribution in [0.1, 0.15) is 37.0 Å². The van der Waals surface area contributed by atoms with E-state index in [2.05, 4.69) is 10.2 Å². The van der Waals surface area contributed by atoms with Gasteiger partial charge in [0.15, 0.2) is 18.1 Å². The topological polar surface area (TPSA) is 123 Å². The van der Waals surface area contributed by atoms with E-state index in [9.17, 15) is 19.8 Å². The van der Waals surface area contributed by atoms with Gasteiger partial charge in [0, 0.05) is 22.9 Å². The third-order valence-corrected chi connectivity index (χ3v) is 4.75. The first-order valence-electron chi connectivity index (χ1n) is 10.3. The molecule has 9 heteroatoms. The number of azo groups is 1. The molecular formula is C23H25N3O6. The Morgan fingerprint density at radius 1 is 0.938 bits per heavy atom. The van der Waals surface area contributed by atoms with Gasteiger partial charge in [-0.15, -0.1) is 10.2 Å². The second kappa shape index (κ2) is 10.4. The molecule has 0 bridgehead atoms. The molecule has 32 heavy (non-hydrogen) atoms. The number of aromatic hydroxyl groups is 2. The van der Waals surface area contributed by atoms with Crippen molar-refractivity contribution in [3.8, 4) is 23.3 Å². The first-order valence-corrected chi connectivity index (χ1v) is 10.3. The number of ether oxygens (including phenoxy) is 2. The van der Waals surface area contributed by atoms with Gasteiger partial charge in [0.2, 0.25) is 11.8 Å². The minimum atomic E-state index is -0.754. The molecule has 0 spiro atoms. The number of carbonyl (C=O) groups is 2. The van der Waals surface area contributed by atoms with E-state index in [-0.39, 0.29) is 17.3 Å². The summed E-state index contributed by atoms with van der Waals surface area (Å²) in [7, 11) is 0. The molecule has 2 N–H and O–H groups in total. The van der Waals surface area contributed by atoms with Crippen molar-refractivity contribution in [3.63, 3.8) is 0 Å². The minimum Gasteiger partial charge on any atom is -0.494 e. The molecule has 2 aromatic carbocycles. The Bertz CT molecular complexity index is 1150. The predicted octanol–water partition coefficient (Wildman–Crippen LogP) is 4.45. The van der Waals surface area contributed by atoms with Gasteiger partial charge >= 0.3 is 5.91 Å². The summed E-state index contributed by atoms with van der Waals surface area (Å²) in [5.41, 5.74) is 0.125. The average molecular weight is 439 g/mol. The standard InChI is InChI=1S/C23H25N3O6/c1-3-5-12-26-22(29)16-11-10-15(13-17(16)23(26)30)21(28)25-24-20(27)14-32-19-9-7-6-8-18(19)31-4-2/h6-11,13,29-30H,3-5,12,14H2,1-2H3. The number of hydrogen-bond acceptors (Lipinski definition) is 6. The van der Waals surface area contributed by atoms with Crippen LogP contribution < -0.4 is 9.47 Å². The molecule has 0 saturated heterocycles. The van der Waals surface area contributed by atoms with Crippen molar-refractivity contribution in [1.29, 1.82) is 0 Å². The van der Waals surface area contributed by atoms with E-state index in [4.69, 9.17) is 9.47 Å². The molecule has 0 saturated carbocycles. The van der Waals surface area contributed by atoms with Crippen LogP contribution in [0.15, 0.2) is 52.7 Å². The normalized spacial score (nSPS) is 11.2. The predicted molar refractivity (Wildman–Crippen MR) is 117 cm³/mol. The van der Waals surface area contributed by atoms with Crippen LogP contribution >= 0.6 is 0 Å². The van der Waals surface area contributed by atoms with Gasteiger partial charge in [-0.05, 0) is 43.7 Å². The Kier molecular flexibility index (Phi) is 7.43. The number of hydrogen-bond donors (Lipinski definition) is 2. The lowest BCUT2D eigenvalue weighted by molar-refractivity contribution is -0.120. The lowest BCUT2D eigenvalue weighted by Gasteiger charge is -2.09. The minimum absolute atomic E-state index is 0.0637. The molecule has 9 nitrogen and oxygen atoms in total. The third-order valence-electron chi connectivity index (χ3n) is 4.75. The first kappa shape index (κ1) is 22.8. The molecule has 3 rings (SSSR count). The molecule has 1 aromatic heterocycles. The van der Waals surface area contributed by atoms with E-state index in [1.54, 1.807) is 24.3 Å². The van der Waals surface area contributed by atoms with Gasteiger partial charge in [-0.25, -0.2) is 0 Å². The summed E-state index contributed by atoms with van der Waals surface area (Å²) in [5, 5.41) is 28.3. The Labute approximate surface area is 184 Å². The average Bonchev–Trinajstić information content (AvgIpc) is 3.04. The maximum atomic E-state index is 12.4. The highest BCUT2D eigenvalue weighted by atomic mass is 16.5. The van der Waals surface area contributed by atoms with Gasteiger partial charge < -0.3 is 19.7 Å². The van der Waals surface area contributed by atoms with E-state index in [1.807, 2.05) is 13.8 Å². The molecule has 0 fully saturated rings. The Balaban J connectivity index is 1.68. The Morgan fingerprint density at radius 2 is 1.62 bits per heavy atom. The number of para-hydroxylation sites is 2. The van der Waals surface area contributed by atoms with Crippen LogP contribution in [-0.2, 0) is 11.3 Å². The molecular weight excluding hydrogens is 414 g/mol. The van der Waals surface area contributed by atoms with E-state index >= 15 is 0 Å². The summed E-state index contributed by atoms with van der Waals surface area (Å²) in [6.45, 7) is 4.33. The lowest BCUT2D eigenvalue weighted by Crippen LogP contribution is -2.09. The number of benzene rings is 2. The van der Waals surface area contributed by atoms with Gasteiger partial charge in [-0.1, -0.05) is 25.5 Å². The summed E-state index contributed by atoms with van der Waals surface area (Å²) in [6.07, 6.45) is 1.67. The molecule has 168 valence electrons. The van der Waals surface area contributed by atoms with E-state index in [0.29, 0.717) is 35.4 Å². The number of nitrogens with zero attached hydrogens (tertiary/aromatic N) is 3. The van der Waals surface area contributed by atoms with Crippen LogP contribution in [0.2, 0.25) is 0 Å². The van der Waals surface area contributed by atoms with Crippen LogP contribution in [0.3, 0.4) is 0 Å². The number of rotatable bonds is 9. The lowest BCUT2D eigenvalue weighted by atomic mass is 10.1. The maximum Gasteiger partial charge on any atom is 0.302 e. The third kappa shape index (κ3) is 5.05. The molecule has 0 radical (unpaired) electrons. The van der Waals surface area contributed by atoms with Gasteiger partial charge in [0.05, 0.1) is 6.61 Å². The quantitative estimate of drug-likeness (QED) is 0.475. The van der Waals surface area contributed by atoms with Gasteiger partial charge in [-0.2, -0.15) is 0 Å². The van der Waals surface area contributed by atoms with E-state index in [0.717, 1.165) is 12.8 Å². The SMILES string of the molecule is CCCCn1c(O)c2ccc(C(=O)N=NC(=O)COc3ccccc3OCC)cc2c1O. The van der Waals surface area contributed by atoms with Crippen LogP contribution in [0.4, 0.5) is 0 Å². The van der Waals surface area contributed by atoms with Crippen molar-refractivity contribution in [2.45, 2.75) is 33.2 Å².